The first-order chi connectivity index (χ1) is 10.3. The van der Waals surface area contributed by atoms with E-state index in [1.54, 1.807) is 0 Å². The maximum Gasteiger partial charge on any atom is 0.282 e. The van der Waals surface area contributed by atoms with Crippen molar-refractivity contribution in [2.24, 2.45) is 0 Å². The highest BCUT2D eigenvalue weighted by Gasteiger charge is 2.40. The quantitative estimate of drug-likeness (QED) is 0.810. The Bertz CT molecular complexity index is 636. The molecule has 1 amide bonds. The molecule has 0 saturated carbocycles. The first-order valence-electron chi connectivity index (χ1n) is 7.19. The second-order valence-corrected chi connectivity index (χ2v) is 7.86. The van der Waals surface area contributed by atoms with Gasteiger partial charge in [-0.2, -0.15) is 0 Å². The van der Waals surface area contributed by atoms with Gasteiger partial charge in [0.2, 0.25) is 0 Å². The highest BCUT2D eigenvalue weighted by atomic mass is 32.2. The molecule has 2 saturated heterocycles. The third-order valence-electron chi connectivity index (χ3n) is 4.10. The van der Waals surface area contributed by atoms with Crippen molar-refractivity contribution in [3.05, 3.63) is 29.3 Å². The van der Waals surface area contributed by atoms with Gasteiger partial charge in [-0.25, -0.2) is 4.98 Å². The van der Waals surface area contributed by atoms with E-state index in [2.05, 4.69) is 4.98 Å². The minimum Gasteiger partial charge on any atom is -0.363 e. The van der Waals surface area contributed by atoms with Crippen molar-refractivity contribution in [3.63, 3.8) is 0 Å². The predicted octanol–water partition coefficient (Wildman–Crippen LogP) is 2.99. The predicted molar refractivity (Wildman–Crippen MR) is 85.9 cm³/mol. The number of hydrogen-bond acceptors (Lipinski definition) is 5. The van der Waals surface area contributed by atoms with Gasteiger partial charge in [0.05, 0.1) is 16.8 Å². The molecule has 6 heteroatoms. The van der Waals surface area contributed by atoms with E-state index in [0.717, 1.165) is 48.5 Å². The average molecular weight is 320 g/mol. The van der Waals surface area contributed by atoms with Crippen LogP contribution in [0.15, 0.2) is 24.3 Å². The van der Waals surface area contributed by atoms with E-state index in [-0.39, 0.29) is 10.8 Å². The van der Waals surface area contributed by atoms with Gasteiger partial charge in [0.15, 0.2) is 5.01 Å². The summed E-state index contributed by atoms with van der Waals surface area (Å²) in [6.07, 6.45) is 1.85. The molecule has 3 heterocycles. The summed E-state index contributed by atoms with van der Waals surface area (Å²) >= 11 is 3.39. The molecule has 1 spiro atoms. The van der Waals surface area contributed by atoms with E-state index in [1.165, 1.54) is 11.3 Å². The van der Waals surface area contributed by atoms with Crippen molar-refractivity contribution >= 4 is 39.2 Å². The first kappa shape index (κ1) is 13.5. The monoisotopic (exact) mass is 320 g/mol. The Morgan fingerprint density at radius 2 is 2.10 bits per heavy atom. The fraction of sp³-hybridized carbons (Fsp3) is 0.467. The molecule has 0 radical (unpaired) electrons. The minimum absolute atomic E-state index is 0.0234. The number of thioether (sulfide) groups is 1. The number of carbonyl (C=O) groups is 1. The molecule has 4 rings (SSSR count). The lowest BCUT2D eigenvalue weighted by Gasteiger charge is -2.37. The van der Waals surface area contributed by atoms with Gasteiger partial charge < -0.3 is 9.64 Å². The van der Waals surface area contributed by atoms with Crippen LogP contribution < -0.4 is 0 Å². The largest absolute Gasteiger partial charge is 0.363 e. The number of amides is 1. The number of hydrogen-bond donors (Lipinski definition) is 0. The van der Waals surface area contributed by atoms with Crippen molar-refractivity contribution in [2.45, 2.75) is 17.8 Å². The van der Waals surface area contributed by atoms with Crippen molar-refractivity contribution in [1.82, 2.24) is 9.88 Å². The van der Waals surface area contributed by atoms with Crippen LogP contribution in [-0.2, 0) is 4.74 Å². The van der Waals surface area contributed by atoms with Gasteiger partial charge in [-0.15, -0.1) is 23.1 Å². The molecule has 0 bridgehead atoms. The van der Waals surface area contributed by atoms with Crippen LogP contribution in [0.3, 0.4) is 0 Å². The molecule has 2 aliphatic rings. The average Bonchev–Trinajstić information content (AvgIpc) is 3.14. The minimum atomic E-state index is -0.0234. The van der Waals surface area contributed by atoms with Gasteiger partial charge in [-0.3, -0.25) is 4.79 Å². The second-order valence-electron chi connectivity index (χ2n) is 5.39. The van der Waals surface area contributed by atoms with Gasteiger partial charge in [0.25, 0.3) is 5.91 Å². The zero-order valence-corrected chi connectivity index (χ0v) is 13.2. The standard InChI is InChI=1S/C15H16N2O2S2/c18-14(13-16-11-3-1-2-4-12(11)21-13)17-7-5-15(6-8-17)19-9-10-20-15/h1-4H,5-10H2. The van der Waals surface area contributed by atoms with Crippen LogP contribution in [-0.4, -0.2) is 46.2 Å². The molecule has 1 aromatic carbocycles. The Balaban J connectivity index is 1.50. The summed E-state index contributed by atoms with van der Waals surface area (Å²) < 4.78 is 6.95. The third kappa shape index (κ3) is 2.45. The number of carbonyl (C=O) groups excluding carboxylic acids is 1. The number of para-hydroxylation sites is 1. The second kappa shape index (κ2) is 5.26. The number of rotatable bonds is 1. The zero-order valence-electron chi connectivity index (χ0n) is 11.6. The summed E-state index contributed by atoms with van der Waals surface area (Å²) in [5.74, 6) is 1.14. The molecule has 2 aliphatic heterocycles. The number of aromatic nitrogens is 1. The molecule has 0 N–H and O–H groups in total. The summed E-state index contributed by atoms with van der Waals surface area (Å²) in [5, 5.41) is 0.604. The molecule has 21 heavy (non-hydrogen) atoms. The van der Waals surface area contributed by atoms with Gasteiger partial charge >= 0.3 is 0 Å². The van der Waals surface area contributed by atoms with E-state index >= 15 is 0 Å². The van der Waals surface area contributed by atoms with E-state index < -0.39 is 0 Å². The molecule has 1 aromatic heterocycles. The molecule has 0 atom stereocenters. The third-order valence-corrected chi connectivity index (χ3v) is 6.55. The number of fused-ring (bicyclic) bond motifs is 1. The lowest BCUT2D eigenvalue weighted by Crippen LogP contribution is -2.45. The molecule has 2 fully saturated rings. The van der Waals surface area contributed by atoms with Crippen molar-refractivity contribution in [1.29, 1.82) is 0 Å². The smallest absolute Gasteiger partial charge is 0.282 e. The Morgan fingerprint density at radius 1 is 1.29 bits per heavy atom. The Hall–Kier alpha value is -1.11. The maximum atomic E-state index is 12.6. The van der Waals surface area contributed by atoms with Crippen molar-refractivity contribution < 1.29 is 9.53 Å². The van der Waals surface area contributed by atoms with Crippen LogP contribution in [0.5, 0.6) is 0 Å². The van der Waals surface area contributed by atoms with Gasteiger partial charge in [-0.1, -0.05) is 12.1 Å². The highest BCUT2D eigenvalue weighted by molar-refractivity contribution is 8.00. The molecule has 110 valence electrons. The lowest BCUT2D eigenvalue weighted by atomic mass is 10.1. The van der Waals surface area contributed by atoms with E-state index in [1.807, 2.05) is 40.9 Å². The number of nitrogens with zero attached hydrogens (tertiary/aromatic N) is 2. The van der Waals surface area contributed by atoms with Crippen LogP contribution in [0, 0.1) is 0 Å². The molecular weight excluding hydrogens is 304 g/mol. The van der Waals surface area contributed by atoms with E-state index in [4.69, 9.17) is 4.74 Å². The number of ether oxygens (including phenoxy) is 1. The highest BCUT2D eigenvalue weighted by Crippen LogP contribution is 2.41. The van der Waals surface area contributed by atoms with Gasteiger partial charge in [0, 0.05) is 31.7 Å². The first-order valence-corrected chi connectivity index (χ1v) is 8.99. The van der Waals surface area contributed by atoms with E-state index in [0.29, 0.717) is 5.01 Å². The zero-order chi connectivity index (χ0) is 14.3. The Kier molecular flexibility index (Phi) is 3.40. The van der Waals surface area contributed by atoms with Gasteiger partial charge in [0.1, 0.15) is 4.93 Å². The molecule has 4 nitrogen and oxygen atoms in total. The molecule has 2 aromatic rings. The van der Waals surface area contributed by atoms with Crippen LogP contribution in [0.2, 0.25) is 0 Å². The van der Waals surface area contributed by atoms with Crippen LogP contribution in [0.4, 0.5) is 0 Å². The fourth-order valence-corrected chi connectivity index (χ4v) is 5.05. The number of piperidine rings is 1. The number of likely N-dealkylation sites (tertiary alicyclic amines) is 1. The summed E-state index contributed by atoms with van der Waals surface area (Å²) in [7, 11) is 0. The molecular formula is C15H16N2O2S2. The van der Waals surface area contributed by atoms with Crippen molar-refractivity contribution in [3.8, 4) is 0 Å². The number of thiazole rings is 1. The van der Waals surface area contributed by atoms with Crippen LogP contribution >= 0.6 is 23.1 Å². The molecule has 0 unspecified atom stereocenters. The van der Waals surface area contributed by atoms with Crippen LogP contribution in [0.25, 0.3) is 10.2 Å². The summed E-state index contributed by atoms with van der Waals surface area (Å²) in [4.78, 5) is 19.0. The number of benzene rings is 1. The maximum absolute atomic E-state index is 12.6. The summed E-state index contributed by atoms with van der Waals surface area (Å²) in [6.45, 7) is 2.37. The normalized spacial score (nSPS) is 21.2. The van der Waals surface area contributed by atoms with Crippen LogP contribution in [0.1, 0.15) is 22.6 Å². The van der Waals surface area contributed by atoms with Gasteiger partial charge in [-0.05, 0) is 12.1 Å². The Morgan fingerprint density at radius 3 is 2.81 bits per heavy atom. The van der Waals surface area contributed by atoms with E-state index in [9.17, 15) is 4.79 Å². The lowest BCUT2D eigenvalue weighted by molar-refractivity contribution is 0.00352. The van der Waals surface area contributed by atoms with Crippen molar-refractivity contribution in [2.75, 3.05) is 25.4 Å². The molecule has 0 aliphatic carbocycles. The topological polar surface area (TPSA) is 42.4 Å². The summed E-state index contributed by atoms with van der Waals surface area (Å²) in [5.41, 5.74) is 0.911. The Labute approximate surface area is 131 Å². The fourth-order valence-electron chi connectivity index (χ4n) is 2.94. The SMILES string of the molecule is O=C(c1nc2ccccc2s1)N1CCC2(CC1)OCCS2. The summed E-state index contributed by atoms with van der Waals surface area (Å²) in [6, 6.07) is 7.90.